The van der Waals surface area contributed by atoms with Crippen molar-refractivity contribution < 1.29 is 11.3 Å². The molecule has 4 heteroatoms. The molecule has 0 aliphatic rings. The highest BCUT2D eigenvalue weighted by molar-refractivity contribution is 5.86. The molecular formula is C6H8N2O2. The Morgan fingerprint density at radius 3 is 3.10 bits per heavy atom. The van der Waals surface area contributed by atoms with Gasteiger partial charge in [0.1, 0.15) is 0 Å². The molecular weight excluding hydrogens is 132 g/mol. The second kappa shape index (κ2) is 2.51. The van der Waals surface area contributed by atoms with Crippen molar-refractivity contribution in [3.8, 4) is 0 Å². The van der Waals surface area contributed by atoms with Crippen molar-refractivity contribution in [1.82, 2.24) is 9.78 Å². The zero-order valence-electron chi connectivity index (χ0n) is 6.48. The minimum atomic E-state index is -1.02. The molecule has 0 spiro atoms. The number of aromatic nitrogens is 2. The summed E-state index contributed by atoms with van der Waals surface area (Å²) in [5, 5.41) is 12.2. The number of carboxylic acid groups (broad SMARTS) is 1. The Kier molecular flexibility index (Phi) is 1.37. The zero-order chi connectivity index (χ0) is 8.43. The van der Waals surface area contributed by atoms with E-state index in [2.05, 4.69) is 5.10 Å². The van der Waals surface area contributed by atoms with Gasteiger partial charge in [-0.15, -0.1) is 0 Å². The lowest BCUT2D eigenvalue weighted by Crippen LogP contribution is -1.95. The fraction of sp³-hybridized carbons (Fsp3) is 0.333. The Morgan fingerprint density at radius 1 is 2.10 bits per heavy atom. The van der Waals surface area contributed by atoms with Gasteiger partial charge in [-0.3, -0.25) is 4.68 Å². The molecule has 0 aliphatic carbocycles. The van der Waals surface area contributed by atoms with Gasteiger partial charge in [0, 0.05) is 12.7 Å². The van der Waals surface area contributed by atoms with E-state index in [4.69, 9.17) is 6.48 Å². The molecule has 0 saturated heterocycles. The number of nitrogens with zero attached hydrogens (tertiary/aromatic N) is 2. The minimum absolute atomic E-state index is 0.115. The van der Waals surface area contributed by atoms with Crippen LogP contribution in [0.3, 0.4) is 0 Å². The lowest BCUT2D eigenvalue weighted by molar-refractivity contribution is 0.0697. The van der Waals surface area contributed by atoms with Crippen LogP contribution < -0.4 is 0 Å². The van der Waals surface area contributed by atoms with Gasteiger partial charge in [0.2, 0.25) is 0 Å². The third-order valence-electron chi connectivity index (χ3n) is 1.11. The van der Waals surface area contributed by atoms with E-state index >= 15 is 0 Å². The largest absolute Gasteiger partial charge is 0.478 e. The van der Waals surface area contributed by atoms with E-state index in [1.807, 2.05) is 0 Å². The molecule has 4 nitrogen and oxygen atoms in total. The first kappa shape index (κ1) is 5.46. The first-order valence-electron chi connectivity index (χ1n) is 3.38. The van der Waals surface area contributed by atoms with Gasteiger partial charge in [-0.25, -0.2) is 4.79 Å². The summed E-state index contributed by atoms with van der Waals surface area (Å²) >= 11 is 0. The van der Waals surface area contributed by atoms with Gasteiger partial charge in [-0.1, -0.05) is 0 Å². The fourth-order valence-corrected chi connectivity index (χ4v) is 0.590. The van der Waals surface area contributed by atoms with Gasteiger partial charge < -0.3 is 5.11 Å². The highest BCUT2D eigenvalue weighted by atomic mass is 16.4. The monoisotopic (exact) mass is 141 g/mol. The van der Waals surface area contributed by atoms with E-state index < -0.39 is 12.5 Å². The summed E-state index contributed by atoms with van der Waals surface area (Å²) in [6, 6.07) is 0. The van der Waals surface area contributed by atoms with Gasteiger partial charge >= 0.3 is 5.97 Å². The highest BCUT2D eigenvalue weighted by Gasteiger charge is 2.03. The Bertz CT molecular complexity index is 269. The molecule has 0 bridgehead atoms. The summed E-state index contributed by atoms with van der Waals surface area (Å²) in [6.45, 7) is 1.07. The van der Waals surface area contributed by atoms with Crippen LogP contribution in [0, 0.1) is 0 Å². The normalized spacial score (nSPS) is 14.3. The Labute approximate surface area is 59.5 Å². The van der Waals surface area contributed by atoms with Gasteiger partial charge in [0.25, 0.3) is 0 Å². The molecule has 54 valence electrons. The maximum atomic E-state index is 10.3. The van der Waals surface area contributed by atoms with Crippen LogP contribution >= 0.6 is 0 Å². The van der Waals surface area contributed by atoms with Crippen LogP contribution in [0.4, 0.5) is 0 Å². The predicted octanol–water partition coefficient (Wildman–Crippen LogP) is 0.601. The number of aryl methyl sites for hydroxylation is 1. The molecule has 10 heavy (non-hydrogen) atoms. The molecule has 0 amide bonds. The lowest BCUT2D eigenvalue weighted by Gasteiger charge is -1.88. The van der Waals surface area contributed by atoms with E-state index in [9.17, 15) is 4.79 Å². The summed E-state index contributed by atoms with van der Waals surface area (Å²) in [6.07, 6.45) is 2.56. The molecule has 1 rings (SSSR count). The second-order valence-corrected chi connectivity index (χ2v) is 1.77. The number of carboxylic acids is 1. The smallest absolute Gasteiger partial charge is 0.338 e. The van der Waals surface area contributed by atoms with E-state index in [0.29, 0.717) is 0 Å². The van der Waals surface area contributed by atoms with Gasteiger partial charge in [0.05, 0.1) is 13.1 Å². The Balaban J connectivity index is 2.90. The summed E-state index contributed by atoms with van der Waals surface area (Å²) in [5.74, 6) is -1.02. The van der Waals surface area contributed by atoms with Crippen molar-refractivity contribution in [2.75, 3.05) is 0 Å². The molecule has 1 unspecified atom stereocenters. The number of hydrogen-bond donors (Lipinski definition) is 1. The third kappa shape index (κ3) is 1.15. The van der Waals surface area contributed by atoms with Gasteiger partial charge in [0.15, 0.2) is 0 Å². The van der Waals surface area contributed by atoms with Crippen LogP contribution in [0.1, 0.15) is 18.7 Å². The standard InChI is InChI=1S/C6H8N2O2/c1-2-8-4-5(3-7-8)6(9)10/h3-4H,2H2,1H3,(H,9,10)/i2D. The fourth-order valence-electron chi connectivity index (χ4n) is 0.590. The maximum absolute atomic E-state index is 10.3. The molecule has 1 atom stereocenters. The predicted molar refractivity (Wildman–Crippen MR) is 34.9 cm³/mol. The van der Waals surface area contributed by atoms with E-state index in [1.54, 1.807) is 6.92 Å². The van der Waals surface area contributed by atoms with Gasteiger partial charge in [-0.05, 0) is 6.92 Å². The number of carbonyl (C=O) groups is 1. The van der Waals surface area contributed by atoms with Crippen molar-refractivity contribution in [1.29, 1.82) is 0 Å². The molecule has 0 aliphatic heterocycles. The summed E-state index contributed by atoms with van der Waals surface area (Å²) in [5.41, 5.74) is 0.115. The van der Waals surface area contributed by atoms with Crippen LogP contribution in [0.2, 0.25) is 0 Å². The van der Waals surface area contributed by atoms with Crippen LogP contribution in [0.25, 0.3) is 0 Å². The quantitative estimate of drug-likeness (QED) is 0.656. The Hall–Kier alpha value is -1.32. The topological polar surface area (TPSA) is 55.1 Å². The summed E-state index contributed by atoms with van der Waals surface area (Å²) in [7, 11) is 0. The SMILES string of the molecule is [2H]C(C)n1cc(C(=O)O)cn1. The van der Waals surface area contributed by atoms with Crippen LogP contribution in [-0.2, 0) is 6.52 Å². The molecule has 1 N–H and O–H groups in total. The highest BCUT2D eigenvalue weighted by Crippen LogP contribution is 1.95. The molecule has 0 saturated carbocycles. The third-order valence-corrected chi connectivity index (χ3v) is 1.11. The lowest BCUT2D eigenvalue weighted by atomic mass is 10.4. The van der Waals surface area contributed by atoms with E-state index in [1.165, 1.54) is 17.1 Å². The van der Waals surface area contributed by atoms with Crippen molar-refractivity contribution in [3.63, 3.8) is 0 Å². The average molecular weight is 141 g/mol. The second-order valence-electron chi connectivity index (χ2n) is 1.77. The molecule has 0 fully saturated rings. The Morgan fingerprint density at radius 2 is 2.80 bits per heavy atom. The maximum Gasteiger partial charge on any atom is 0.338 e. The van der Waals surface area contributed by atoms with Crippen molar-refractivity contribution in [3.05, 3.63) is 18.0 Å². The van der Waals surface area contributed by atoms with Crippen molar-refractivity contribution >= 4 is 5.97 Å². The molecule has 1 aromatic rings. The molecule has 0 radical (unpaired) electrons. The first-order chi connectivity index (χ1) is 5.11. The molecule has 1 heterocycles. The minimum Gasteiger partial charge on any atom is -0.478 e. The van der Waals surface area contributed by atoms with Crippen LogP contribution in [0.5, 0.6) is 0 Å². The average Bonchev–Trinajstić information content (AvgIpc) is 2.33. The molecule has 1 aromatic heterocycles. The van der Waals surface area contributed by atoms with E-state index in [-0.39, 0.29) is 5.56 Å². The summed E-state index contributed by atoms with van der Waals surface area (Å²) < 4.78 is 8.46. The van der Waals surface area contributed by atoms with Crippen molar-refractivity contribution in [2.45, 2.75) is 13.4 Å². The van der Waals surface area contributed by atoms with Crippen molar-refractivity contribution in [2.24, 2.45) is 0 Å². The zero-order valence-corrected chi connectivity index (χ0v) is 5.48. The number of rotatable bonds is 2. The van der Waals surface area contributed by atoms with Gasteiger partial charge in [-0.2, -0.15) is 5.10 Å². The molecule has 0 aromatic carbocycles. The first-order valence-corrected chi connectivity index (χ1v) is 2.81. The summed E-state index contributed by atoms with van der Waals surface area (Å²) in [4.78, 5) is 10.3. The number of hydrogen-bond acceptors (Lipinski definition) is 2. The van der Waals surface area contributed by atoms with Crippen LogP contribution in [0.15, 0.2) is 12.4 Å². The van der Waals surface area contributed by atoms with E-state index in [0.717, 1.165) is 0 Å². The number of aromatic carboxylic acids is 1. The van der Waals surface area contributed by atoms with Crippen LogP contribution in [-0.4, -0.2) is 20.9 Å².